The molecule has 0 amide bonds. The number of carbonyl (C=O) groups is 1. The molecule has 0 bridgehead atoms. The van der Waals surface area contributed by atoms with Gasteiger partial charge in [0.2, 0.25) is 0 Å². The molecule has 136 valence electrons. The SMILES string of the molecule is Cc1cc(N[C@@H](C)c2ccc(C(=O)O)c(N=C(N)C3CC3)c2)nc(C)n1. The van der Waals surface area contributed by atoms with Gasteiger partial charge in [-0.3, -0.25) is 0 Å². The summed E-state index contributed by atoms with van der Waals surface area (Å²) in [6.45, 7) is 5.75. The molecule has 3 rings (SSSR count). The van der Waals surface area contributed by atoms with Crippen LogP contribution in [0.3, 0.4) is 0 Å². The van der Waals surface area contributed by atoms with Crippen molar-refractivity contribution in [3.05, 3.63) is 46.9 Å². The summed E-state index contributed by atoms with van der Waals surface area (Å²) in [6, 6.07) is 6.93. The number of rotatable bonds is 6. The number of hydrogen-bond acceptors (Lipinski definition) is 5. The predicted octanol–water partition coefficient (Wildman–Crippen LogP) is 3.36. The normalized spacial score (nSPS) is 15.6. The van der Waals surface area contributed by atoms with E-state index in [2.05, 4.69) is 20.3 Å². The minimum atomic E-state index is -1.01. The van der Waals surface area contributed by atoms with E-state index in [1.54, 1.807) is 18.2 Å². The Kier molecular flexibility index (Phi) is 4.88. The van der Waals surface area contributed by atoms with E-state index in [1.807, 2.05) is 26.8 Å². The van der Waals surface area contributed by atoms with Gasteiger partial charge in [0, 0.05) is 17.7 Å². The van der Waals surface area contributed by atoms with Gasteiger partial charge in [-0.05, 0) is 51.3 Å². The van der Waals surface area contributed by atoms with Crippen LogP contribution in [-0.4, -0.2) is 26.9 Å². The minimum Gasteiger partial charge on any atom is -0.478 e. The maximum atomic E-state index is 11.5. The fourth-order valence-corrected chi connectivity index (χ4v) is 2.80. The number of benzene rings is 1. The Labute approximate surface area is 152 Å². The summed E-state index contributed by atoms with van der Waals surface area (Å²) in [7, 11) is 0. The van der Waals surface area contributed by atoms with Gasteiger partial charge < -0.3 is 16.2 Å². The fourth-order valence-electron chi connectivity index (χ4n) is 2.80. The quantitative estimate of drug-likeness (QED) is 0.542. The predicted molar refractivity (Wildman–Crippen MR) is 101 cm³/mol. The maximum Gasteiger partial charge on any atom is 0.337 e. The van der Waals surface area contributed by atoms with Crippen LogP contribution in [0, 0.1) is 19.8 Å². The highest BCUT2D eigenvalue weighted by Crippen LogP contribution is 2.32. The van der Waals surface area contributed by atoms with Crippen molar-refractivity contribution < 1.29 is 9.90 Å². The van der Waals surface area contributed by atoms with E-state index in [4.69, 9.17) is 5.73 Å². The number of hydrogen-bond donors (Lipinski definition) is 3. The summed E-state index contributed by atoms with van der Waals surface area (Å²) < 4.78 is 0. The van der Waals surface area contributed by atoms with Gasteiger partial charge in [0.1, 0.15) is 17.5 Å². The topological polar surface area (TPSA) is 113 Å². The largest absolute Gasteiger partial charge is 0.478 e. The molecule has 1 aromatic carbocycles. The van der Waals surface area contributed by atoms with E-state index in [0.717, 1.165) is 29.9 Å². The van der Waals surface area contributed by atoms with Crippen molar-refractivity contribution in [3.63, 3.8) is 0 Å². The van der Waals surface area contributed by atoms with Crippen LogP contribution in [0.2, 0.25) is 0 Å². The molecule has 1 atom stereocenters. The molecule has 1 aliphatic carbocycles. The summed E-state index contributed by atoms with van der Waals surface area (Å²) in [5, 5.41) is 12.7. The van der Waals surface area contributed by atoms with E-state index in [-0.39, 0.29) is 17.5 Å². The smallest absolute Gasteiger partial charge is 0.337 e. The summed E-state index contributed by atoms with van der Waals surface area (Å²) in [6.07, 6.45) is 2.03. The Morgan fingerprint density at radius 2 is 2.04 bits per heavy atom. The summed E-state index contributed by atoms with van der Waals surface area (Å²) in [5.74, 6) is 1.20. The van der Waals surface area contributed by atoms with Crippen LogP contribution in [0.15, 0.2) is 29.3 Å². The molecular weight excluding hydrogens is 330 g/mol. The van der Waals surface area contributed by atoms with Gasteiger partial charge in [0.25, 0.3) is 0 Å². The van der Waals surface area contributed by atoms with Gasteiger partial charge in [0.05, 0.1) is 17.3 Å². The Morgan fingerprint density at radius 1 is 1.31 bits per heavy atom. The number of carboxylic acids is 1. The highest BCUT2D eigenvalue weighted by Gasteiger charge is 2.26. The molecule has 0 saturated heterocycles. The minimum absolute atomic E-state index is 0.0809. The molecule has 4 N–H and O–H groups in total. The highest BCUT2D eigenvalue weighted by atomic mass is 16.4. The van der Waals surface area contributed by atoms with Crippen molar-refractivity contribution in [2.24, 2.45) is 16.6 Å². The first-order valence-electron chi connectivity index (χ1n) is 8.63. The molecule has 26 heavy (non-hydrogen) atoms. The number of nitrogens with one attached hydrogen (secondary N) is 1. The zero-order valence-corrected chi connectivity index (χ0v) is 15.2. The second-order valence-electron chi connectivity index (χ2n) is 6.70. The number of anilines is 1. The van der Waals surface area contributed by atoms with Crippen molar-refractivity contribution in [1.82, 2.24) is 9.97 Å². The van der Waals surface area contributed by atoms with Crippen LogP contribution in [0.5, 0.6) is 0 Å². The lowest BCUT2D eigenvalue weighted by Crippen LogP contribution is -2.14. The second kappa shape index (κ2) is 7.11. The van der Waals surface area contributed by atoms with E-state index < -0.39 is 5.97 Å². The number of aromatic carboxylic acids is 1. The number of aliphatic imine (C=N–C) groups is 1. The van der Waals surface area contributed by atoms with Crippen LogP contribution < -0.4 is 11.1 Å². The Morgan fingerprint density at radius 3 is 2.65 bits per heavy atom. The summed E-state index contributed by atoms with van der Waals surface area (Å²) >= 11 is 0. The lowest BCUT2D eigenvalue weighted by atomic mass is 10.0. The van der Waals surface area contributed by atoms with Crippen molar-refractivity contribution >= 4 is 23.3 Å². The molecule has 2 aromatic rings. The monoisotopic (exact) mass is 353 g/mol. The van der Waals surface area contributed by atoms with Crippen LogP contribution >= 0.6 is 0 Å². The number of carboxylic acid groups (broad SMARTS) is 1. The molecule has 0 unspecified atom stereocenters. The van der Waals surface area contributed by atoms with Gasteiger partial charge in [-0.2, -0.15) is 0 Å². The molecule has 7 nitrogen and oxygen atoms in total. The molecule has 1 fully saturated rings. The average Bonchev–Trinajstić information content (AvgIpc) is 3.38. The lowest BCUT2D eigenvalue weighted by molar-refractivity contribution is 0.0698. The third-order valence-corrected chi connectivity index (χ3v) is 4.33. The number of nitrogens with two attached hydrogens (primary N) is 1. The van der Waals surface area contributed by atoms with Crippen LogP contribution in [0.4, 0.5) is 11.5 Å². The number of amidine groups is 1. The first-order chi connectivity index (χ1) is 12.3. The molecule has 1 heterocycles. The fraction of sp³-hybridized carbons (Fsp3) is 0.368. The standard InChI is InChI=1S/C19H23N5O2/c1-10-8-17(23-12(3)21-10)22-11(2)14-6-7-15(19(25)26)16(9-14)24-18(20)13-4-5-13/h6-9,11,13H,4-5H2,1-3H3,(H2,20,24)(H,25,26)(H,21,22,23)/t11-/m0/s1. The zero-order valence-electron chi connectivity index (χ0n) is 15.2. The first kappa shape index (κ1) is 17.8. The van der Waals surface area contributed by atoms with E-state index in [0.29, 0.717) is 17.3 Å². The Balaban J connectivity index is 1.89. The third kappa shape index (κ3) is 4.17. The van der Waals surface area contributed by atoms with E-state index in [9.17, 15) is 9.90 Å². The van der Waals surface area contributed by atoms with Crippen molar-refractivity contribution in [3.8, 4) is 0 Å². The van der Waals surface area contributed by atoms with Crippen molar-refractivity contribution in [2.45, 2.75) is 39.7 Å². The van der Waals surface area contributed by atoms with E-state index in [1.165, 1.54) is 0 Å². The number of aryl methyl sites for hydroxylation is 2. The summed E-state index contributed by atoms with van der Waals surface area (Å²) in [5.41, 5.74) is 8.32. The van der Waals surface area contributed by atoms with Gasteiger partial charge in [0.15, 0.2) is 0 Å². The van der Waals surface area contributed by atoms with Gasteiger partial charge in [-0.15, -0.1) is 0 Å². The molecule has 0 aliphatic heterocycles. The lowest BCUT2D eigenvalue weighted by Gasteiger charge is -2.17. The highest BCUT2D eigenvalue weighted by molar-refractivity contribution is 5.96. The Bertz CT molecular complexity index is 854. The number of aromatic nitrogens is 2. The molecule has 7 heteroatoms. The van der Waals surface area contributed by atoms with Gasteiger partial charge in [-0.25, -0.2) is 19.8 Å². The van der Waals surface area contributed by atoms with Crippen LogP contribution in [0.25, 0.3) is 0 Å². The maximum absolute atomic E-state index is 11.5. The molecule has 1 aromatic heterocycles. The first-order valence-corrected chi connectivity index (χ1v) is 8.63. The molecule has 0 spiro atoms. The van der Waals surface area contributed by atoms with Crippen LogP contribution in [-0.2, 0) is 0 Å². The van der Waals surface area contributed by atoms with Gasteiger partial charge in [-0.1, -0.05) is 6.07 Å². The number of nitrogens with zero attached hydrogens (tertiary/aromatic N) is 3. The Hall–Kier alpha value is -2.96. The molecule has 1 saturated carbocycles. The average molecular weight is 353 g/mol. The molecular formula is C19H23N5O2. The molecule has 0 radical (unpaired) electrons. The van der Waals surface area contributed by atoms with Crippen LogP contribution in [0.1, 0.15) is 53.2 Å². The van der Waals surface area contributed by atoms with Gasteiger partial charge >= 0.3 is 5.97 Å². The summed E-state index contributed by atoms with van der Waals surface area (Å²) in [4.78, 5) is 24.5. The third-order valence-electron chi connectivity index (χ3n) is 4.33. The van der Waals surface area contributed by atoms with E-state index >= 15 is 0 Å². The van der Waals surface area contributed by atoms with Crippen molar-refractivity contribution in [2.75, 3.05) is 5.32 Å². The van der Waals surface area contributed by atoms with Crippen molar-refractivity contribution in [1.29, 1.82) is 0 Å². The zero-order chi connectivity index (χ0) is 18.8. The molecule has 1 aliphatic rings. The second-order valence-corrected chi connectivity index (χ2v) is 6.70.